The van der Waals surface area contributed by atoms with Gasteiger partial charge in [-0.25, -0.2) is 5.48 Å². The van der Waals surface area contributed by atoms with Gasteiger partial charge in [0.2, 0.25) is 0 Å². The number of nitrogens with zero attached hydrogens (tertiary/aromatic N) is 1. The first kappa shape index (κ1) is 37.4. The van der Waals surface area contributed by atoms with Gasteiger partial charge in [-0.05, 0) is 76.2 Å². The third kappa shape index (κ3) is 9.93. The number of hydrogen-bond donors (Lipinski definition) is 1. The number of amides is 2. The van der Waals surface area contributed by atoms with Gasteiger partial charge in [0.05, 0.1) is 25.8 Å². The number of ether oxygens (including phenoxy) is 3. The largest absolute Gasteiger partial charge is 0.497 e. The summed E-state index contributed by atoms with van der Waals surface area (Å²) in [5.41, 5.74) is 8.67. The molecule has 2 amide bonds. The lowest BCUT2D eigenvalue weighted by Gasteiger charge is -2.26. The van der Waals surface area contributed by atoms with Crippen LogP contribution in [-0.2, 0) is 31.2 Å². The average molecular weight is 721 g/mol. The Balaban J connectivity index is 1.30. The van der Waals surface area contributed by atoms with Crippen molar-refractivity contribution in [1.82, 2.24) is 5.48 Å². The first-order chi connectivity index (χ1) is 26.4. The first-order valence-corrected chi connectivity index (χ1v) is 17.9. The van der Waals surface area contributed by atoms with Crippen LogP contribution < -0.4 is 24.6 Å². The molecule has 0 fully saturated rings. The second-order valence-corrected chi connectivity index (χ2v) is 13.1. The van der Waals surface area contributed by atoms with E-state index in [1.54, 1.807) is 24.1 Å². The van der Waals surface area contributed by atoms with Crippen LogP contribution in [0.1, 0.15) is 68.3 Å². The van der Waals surface area contributed by atoms with E-state index in [4.69, 9.17) is 19.0 Å². The summed E-state index contributed by atoms with van der Waals surface area (Å²) in [6.45, 7) is 5.26. The topological polar surface area (TPSA) is 86.3 Å². The molecular formula is C46H44N2O6. The van der Waals surface area contributed by atoms with Gasteiger partial charge >= 0.3 is 0 Å². The summed E-state index contributed by atoms with van der Waals surface area (Å²) in [6, 6.07) is 47.6. The van der Waals surface area contributed by atoms with E-state index in [9.17, 15) is 9.59 Å². The maximum atomic E-state index is 14.9. The molecule has 0 saturated heterocycles. The van der Waals surface area contributed by atoms with E-state index in [-0.39, 0.29) is 37.5 Å². The van der Waals surface area contributed by atoms with E-state index in [1.807, 2.05) is 140 Å². The molecule has 0 spiro atoms. The Morgan fingerprint density at radius 1 is 0.611 bits per heavy atom. The number of nitrogens with one attached hydrogen (secondary N) is 1. The highest BCUT2D eigenvalue weighted by Crippen LogP contribution is 2.37. The molecule has 0 aromatic heterocycles. The van der Waals surface area contributed by atoms with Gasteiger partial charge in [-0.15, -0.1) is 0 Å². The highest BCUT2D eigenvalue weighted by atomic mass is 16.6. The molecule has 0 atom stereocenters. The minimum atomic E-state index is -0.364. The van der Waals surface area contributed by atoms with E-state index in [0.717, 1.165) is 27.8 Å². The highest BCUT2D eigenvalue weighted by Gasteiger charge is 2.26. The molecule has 0 heterocycles. The Labute approximate surface area is 316 Å². The van der Waals surface area contributed by atoms with Crippen molar-refractivity contribution in [3.05, 3.63) is 191 Å². The number of hydrogen-bond acceptors (Lipinski definition) is 6. The number of rotatable bonds is 16. The van der Waals surface area contributed by atoms with Crippen molar-refractivity contribution in [2.24, 2.45) is 0 Å². The number of hydroxylamine groups is 1. The van der Waals surface area contributed by atoms with Crippen LogP contribution in [0.3, 0.4) is 0 Å². The maximum absolute atomic E-state index is 14.9. The molecule has 8 heteroatoms. The average Bonchev–Trinajstić information content (AvgIpc) is 3.22. The van der Waals surface area contributed by atoms with Crippen LogP contribution in [0.15, 0.2) is 152 Å². The third-order valence-electron chi connectivity index (χ3n) is 8.87. The molecular weight excluding hydrogens is 677 g/mol. The summed E-state index contributed by atoms with van der Waals surface area (Å²) >= 11 is 0. The van der Waals surface area contributed by atoms with Gasteiger partial charge in [-0.1, -0.05) is 117 Å². The molecule has 0 aliphatic carbocycles. The molecule has 6 aromatic carbocycles. The van der Waals surface area contributed by atoms with Crippen LogP contribution in [-0.4, -0.2) is 18.9 Å². The molecule has 0 radical (unpaired) electrons. The van der Waals surface area contributed by atoms with Crippen LogP contribution in [0.5, 0.6) is 17.2 Å². The SMILES string of the molecule is COc1ccc(N(Cc2ccc(C(=O)NOCc3ccccc3)cc2)C(=O)c2cc(C(C)C)c(OCc3ccccc3)cc2OCc2ccccc2)cc1. The molecule has 0 aliphatic heterocycles. The second kappa shape index (κ2) is 18.4. The van der Waals surface area contributed by atoms with Gasteiger partial charge in [0.1, 0.15) is 30.5 Å². The predicted molar refractivity (Wildman–Crippen MR) is 211 cm³/mol. The van der Waals surface area contributed by atoms with Crippen LogP contribution in [0.4, 0.5) is 5.69 Å². The fraction of sp³-hybridized carbons (Fsp3) is 0.174. The molecule has 8 nitrogen and oxygen atoms in total. The van der Waals surface area contributed by atoms with Gasteiger partial charge in [-0.3, -0.25) is 14.4 Å². The second-order valence-electron chi connectivity index (χ2n) is 13.1. The Morgan fingerprint density at radius 2 is 1.15 bits per heavy atom. The van der Waals surface area contributed by atoms with Crippen molar-refractivity contribution in [3.63, 3.8) is 0 Å². The van der Waals surface area contributed by atoms with E-state index < -0.39 is 0 Å². The summed E-state index contributed by atoms with van der Waals surface area (Å²) in [5.74, 6) is 1.18. The van der Waals surface area contributed by atoms with Crippen molar-refractivity contribution >= 4 is 17.5 Å². The summed E-state index contributed by atoms with van der Waals surface area (Å²) in [5, 5.41) is 0. The predicted octanol–water partition coefficient (Wildman–Crippen LogP) is 9.69. The van der Waals surface area contributed by atoms with Crippen molar-refractivity contribution in [2.75, 3.05) is 12.0 Å². The van der Waals surface area contributed by atoms with Crippen molar-refractivity contribution < 1.29 is 28.6 Å². The Morgan fingerprint density at radius 3 is 1.69 bits per heavy atom. The van der Waals surface area contributed by atoms with Gasteiger partial charge in [0, 0.05) is 17.3 Å². The van der Waals surface area contributed by atoms with Crippen LogP contribution in [0, 0.1) is 0 Å². The number of carbonyl (C=O) groups is 2. The van der Waals surface area contributed by atoms with Crippen molar-refractivity contribution in [2.45, 2.75) is 46.1 Å². The lowest BCUT2D eigenvalue weighted by Crippen LogP contribution is -2.31. The number of benzene rings is 6. The number of anilines is 1. The summed E-state index contributed by atoms with van der Waals surface area (Å²) in [4.78, 5) is 34.9. The van der Waals surface area contributed by atoms with Crippen LogP contribution in [0.25, 0.3) is 0 Å². The minimum absolute atomic E-state index is 0.0512. The normalized spacial score (nSPS) is 10.8. The zero-order valence-electron chi connectivity index (χ0n) is 30.7. The number of carbonyl (C=O) groups excluding carboxylic acids is 2. The summed E-state index contributed by atoms with van der Waals surface area (Å²) in [6.07, 6.45) is 0. The Kier molecular flexibility index (Phi) is 12.7. The van der Waals surface area contributed by atoms with E-state index in [2.05, 4.69) is 19.3 Å². The molecule has 6 aromatic rings. The van der Waals surface area contributed by atoms with Crippen LogP contribution in [0.2, 0.25) is 0 Å². The monoisotopic (exact) mass is 720 g/mol. The summed E-state index contributed by atoms with van der Waals surface area (Å²) < 4.78 is 18.3. The fourth-order valence-corrected chi connectivity index (χ4v) is 5.86. The van der Waals surface area contributed by atoms with Crippen molar-refractivity contribution in [3.8, 4) is 17.2 Å². The maximum Gasteiger partial charge on any atom is 0.274 e. The highest BCUT2D eigenvalue weighted by molar-refractivity contribution is 6.08. The zero-order chi connectivity index (χ0) is 37.7. The van der Waals surface area contributed by atoms with Gasteiger partial charge < -0.3 is 19.1 Å². The minimum Gasteiger partial charge on any atom is -0.497 e. The molecule has 1 N–H and O–H groups in total. The summed E-state index contributed by atoms with van der Waals surface area (Å²) in [7, 11) is 1.60. The van der Waals surface area contributed by atoms with Gasteiger partial charge in [-0.2, -0.15) is 0 Å². The number of methoxy groups -OCH3 is 1. The molecule has 0 aliphatic rings. The molecule has 274 valence electrons. The molecule has 0 unspecified atom stereocenters. The Hall–Kier alpha value is -6.38. The lowest BCUT2D eigenvalue weighted by atomic mass is 9.97. The van der Waals surface area contributed by atoms with Crippen LogP contribution >= 0.6 is 0 Å². The third-order valence-corrected chi connectivity index (χ3v) is 8.87. The molecule has 0 saturated carbocycles. The first-order valence-electron chi connectivity index (χ1n) is 17.9. The van der Waals surface area contributed by atoms with E-state index in [1.165, 1.54) is 0 Å². The lowest BCUT2D eigenvalue weighted by molar-refractivity contribution is 0.0233. The van der Waals surface area contributed by atoms with Gasteiger partial charge in [0.25, 0.3) is 11.8 Å². The molecule has 0 bridgehead atoms. The molecule has 54 heavy (non-hydrogen) atoms. The zero-order valence-corrected chi connectivity index (χ0v) is 30.7. The standard InChI is InChI=1S/C46H44N2O6/c1-33(2)41-27-42(44(53-31-36-15-9-5-10-16-36)28-43(41)52-30-35-13-7-4-8-14-35)46(50)48(39-23-25-40(51-3)26-24-39)29-34-19-21-38(22-20-34)45(49)47-54-32-37-17-11-6-12-18-37/h4-28,33H,29-32H2,1-3H3,(H,47,49). The smallest absolute Gasteiger partial charge is 0.274 e. The van der Waals surface area contributed by atoms with E-state index in [0.29, 0.717) is 40.7 Å². The fourth-order valence-electron chi connectivity index (χ4n) is 5.86. The van der Waals surface area contributed by atoms with Crippen molar-refractivity contribution in [1.29, 1.82) is 0 Å². The quantitative estimate of drug-likeness (QED) is 0.100. The molecule has 6 rings (SSSR count). The van der Waals surface area contributed by atoms with Gasteiger partial charge in [0.15, 0.2) is 0 Å². The van der Waals surface area contributed by atoms with E-state index >= 15 is 0 Å². The Bertz CT molecular complexity index is 2100.